The molecule has 0 fully saturated rings. The Kier molecular flexibility index (Phi) is 5.81. The maximum Gasteiger partial charge on any atom is 0.330 e. The Bertz CT molecular complexity index is 599. The van der Waals surface area contributed by atoms with Crippen molar-refractivity contribution in [3.8, 4) is 0 Å². The maximum atomic E-state index is 14.4. The van der Waals surface area contributed by atoms with Crippen LogP contribution in [0.1, 0.15) is 6.42 Å². The average molecular weight is 339 g/mol. The molecule has 4 nitrogen and oxygen atoms in total. The number of hydrogen-bond donors (Lipinski definition) is 0. The first-order valence-corrected chi connectivity index (χ1v) is 6.37. The minimum Gasteiger partial charge on any atom is -0.462 e. The molecule has 0 aliphatic heterocycles. The second-order valence-electron chi connectivity index (χ2n) is 4.83. The van der Waals surface area contributed by atoms with Crippen LogP contribution in [-0.2, 0) is 14.3 Å². The molecule has 0 radical (unpaired) electrons. The Morgan fingerprint density at radius 1 is 1.30 bits per heavy atom. The van der Waals surface area contributed by atoms with Gasteiger partial charge in [0.2, 0.25) is 0 Å². The molecule has 0 aromatic carbocycles. The van der Waals surface area contributed by atoms with Crippen LogP contribution >= 0.6 is 0 Å². The number of esters is 1. The summed E-state index contributed by atoms with van der Waals surface area (Å²) in [6.07, 6.45) is -3.03. The van der Waals surface area contributed by atoms with Crippen molar-refractivity contribution in [3.05, 3.63) is 35.7 Å². The van der Waals surface area contributed by atoms with E-state index in [0.717, 1.165) is 20.2 Å². The zero-order chi connectivity index (χ0) is 17.9. The van der Waals surface area contributed by atoms with Crippen LogP contribution in [0.25, 0.3) is 0 Å². The maximum absolute atomic E-state index is 14.4. The molecule has 0 saturated carbocycles. The fourth-order valence-electron chi connectivity index (χ4n) is 1.91. The third-order valence-electron chi connectivity index (χ3n) is 3.21. The number of halogens is 5. The van der Waals surface area contributed by atoms with E-state index in [-0.39, 0.29) is 0 Å². The highest BCUT2D eigenvalue weighted by molar-refractivity contribution is 5.98. The number of carbonyl (C=O) groups is 2. The van der Waals surface area contributed by atoms with Gasteiger partial charge in [-0.3, -0.25) is 9.69 Å². The molecule has 2 atom stereocenters. The van der Waals surface area contributed by atoms with Gasteiger partial charge in [-0.15, -0.1) is 0 Å². The van der Waals surface area contributed by atoms with E-state index in [1.54, 1.807) is 0 Å². The van der Waals surface area contributed by atoms with E-state index in [9.17, 15) is 31.5 Å². The van der Waals surface area contributed by atoms with Gasteiger partial charge >= 0.3 is 5.97 Å². The van der Waals surface area contributed by atoms with Crippen LogP contribution in [-0.4, -0.2) is 49.3 Å². The Labute approximate surface area is 128 Å². The summed E-state index contributed by atoms with van der Waals surface area (Å²) in [5, 5.41) is 0. The summed E-state index contributed by atoms with van der Waals surface area (Å²) in [6, 6.07) is 0. The summed E-state index contributed by atoms with van der Waals surface area (Å²) in [5.74, 6) is -12.6. The van der Waals surface area contributed by atoms with E-state index in [1.165, 1.54) is 0 Å². The first-order chi connectivity index (χ1) is 10.6. The zero-order valence-corrected chi connectivity index (χ0v) is 12.3. The van der Waals surface area contributed by atoms with Gasteiger partial charge in [0.25, 0.3) is 5.79 Å². The highest BCUT2D eigenvalue weighted by Crippen LogP contribution is 2.45. The zero-order valence-electron chi connectivity index (χ0n) is 12.3. The molecule has 1 aliphatic carbocycles. The van der Waals surface area contributed by atoms with Crippen LogP contribution in [0.4, 0.5) is 22.0 Å². The van der Waals surface area contributed by atoms with Crippen molar-refractivity contribution in [2.45, 2.75) is 18.4 Å². The van der Waals surface area contributed by atoms with Gasteiger partial charge in [-0.2, -0.15) is 0 Å². The molecular formula is C14H14F5NO3. The van der Waals surface area contributed by atoms with Crippen molar-refractivity contribution in [2.24, 2.45) is 0 Å². The molecule has 9 heteroatoms. The van der Waals surface area contributed by atoms with Crippen molar-refractivity contribution < 1.29 is 36.3 Å². The smallest absolute Gasteiger partial charge is 0.330 e. The van der Waals surface area contributed by atoms with Crippen molar-refractivity contribution in [2.75, 3.05) is 20.7 Å². The summed E-state index contributed by atoms with van der Waals surface area (Å²) >= 11 is 0. The molecule has 0 saturated heterocycles. The molecule has 0 amide bonds. The predicted molar refractivity (Wildman–Crippen MR) is 70.6 cm³/mol. The first-order valence-electron chi connectivity index (χ1n) is 6.37. The van der Waals surface area contributed by atoms with Gasteiger partial charge in [0.15, 0.2) is 29.4 Å². The van der Waals surface area contributed by atoms with E-state index in [2.05, 4.69) is 11.3 Å². The number of likely N-dealkylation sites (N-methyl/N-ethyl adjacent to an activating group) is 1. The van der Waals surface area contributed by atoms with Crippen LogP contribution in [0.3, 0.4) is 0 Å². The number of allylic oxidation sites excluding steroid dienone is 2. The number of ketones is 1. The third kappa shape index (κ3) is 3.34. The largest absolute Gasteiger partial charge is 0.462 e. The summed E-state index contributed by atoms with van der Waals surface area (Å²) in [6.45, 7) is 2.51. The van der Waals surface area contributed by atoms with Gasteiger partial charge in [0, 0.05) is 12.5 Å². The lowest BCUT2D eigenvalue weighted by molar-refractivity contribution is -0.138. The number of ether oxygens (including phenoxy) is 1. The summed E-state index contributed by atoms with van der Waals surface area (Å²) in [5.41, 5.74) is -1.48. The Morgan fingerprint density at radius 3 is 2.35 bits per heavy atom. The molecule has 1 rings (SSSR count). The fraction of sp³-hybridized carbons (Fsp3) is 0.429. The lowest BCUT2D eigenvalue weighted by Crippen LogP contribution is -2.52. The Morgan fingerprint density at radius 2 is 1.87 bits per heavy atom. The normalized spacial score (nSPS) is 25.0. The second kappa shape index (κ2) is 7.03. The molecule has 2 unspecified atom stereocenters. The van der Waals surface area contributed by atoms with Crippen LogP contribution in [0.2, 0.25) is 0 Å². The molecule has 0 heterocycles. The Balaban J connectivity index is 3.11. The van der Waals surface area contributed by atoms with Crippen LogP contribution < -0.4 is 0 Å². The number of alkyl halides is 2. The minimum atomic E-state index is -3.65. The molecule has 23 heavy (non-hydrogen) atoms. The predicted octanol–water partition coefficient (Wildman–Crippen LogP) is 2.63. The number of carbonyl (C=O) groups excluding carboxylic acids is 2. The van der Waals surface area contributed by atoms with E-state index < -0.39 is 59.8 Å². The highest BCUT2D eigenvalue weighted by atomic mass is 19.2. The Hall–Kier alpha value is -2.03. The molecule has 1 aliphatic rings. The summed E-state index contributed by atoms with van der Waals surface area (Å²) in [7, 11) is 1.80. The fourth-order valence-corrected chi connectivity index (χ4v) is 1.91. The number of nitrogens with zero attached hydrogens (tertiary/aromatic N) is 1. The van der Waals surface area contributed by atoms with E-state index >= 15 is 0 Å². The van der Waals surface area contributed by atoms with Gasteiger partial charge in [-0.25, -0.2) is 26.7 Å². The number of Topliss-reactive ketones (excluding diaryl/α,β-unsaturated/α-hetero) is 1. The molecule has 0 spiro atoms. The number of hydrogen-bond acceptors (Lipinski definition) is 4. The van der Waals surface area contributed by atoms with Gasteiger partial charge in [0.05, 0.1) is 12.2 Å². The highest BCUT2D eigenvalue weighted by Gasteiger charge is 2.56. The lowest BCUT2D eigenvalue weighted by atomic mass is 9.89. The van der Waals surface area contributed by atoms with Gasteiger partial charge in [0.1, 0.15) is 0 Å². The quantitative estimate of drug-likeness (QED) is 0.323. The van der Waals surface area contributed by atoms with Crippen LogP contribution in [0.5, 0.6) is 0 Å². The topological polar surface area (TPSA) is 46.6 Å². The summed E-state index contributed by atoms with van der Waals surface area (Å²) in [4.78, 5) is 22.9. The average Bonchev–Trinajstić information content (AvgIpc) is 2.50. The first kappa shape index (κ1) is 19.0. The molecule has 0 aromatic rings. The molecular weight excluding hydrogens is 325 g/mol. The molecule has 0 aromatic heterocycles. The van der Waals surface area contributed by atoms with Crippen molar-refractivity contribution >= 4 is 11.8 Å². The molecule has 0 bridgehead atoms. The third-order valence-corrected chi connectivity index (χ3v) is 3.21. The number of rotatable bonds is 6. The standard InChI is InChI=1S/C14H14F5NO3/c1-4-8(22)23-6-5-7(21)9-10(15)11(16)13(18)14(19,12(9)17)20(2)3/h4,12H,1,5-6H2,2-3H3. The second-order valence-corrected chi connectivity index (χ2v) is 4.83. The molecule has 0 N–H and O–H groups in total. The van der Waals surface area contributed by atoms with Crippen LogP contribution in [0, 0.1) is 0 Å². The van der Waals surface area contributed by atoms with E-state index in [4.69, 9.17) is 0 Å². The van der Waals surface area contributed by atoms with E-state index in [1.807, 2.05) is 0 Å². The molecule has 128 valence electrons. The SMILES string of the molecule is C=CC(=O)OCCC(=O)C1=C(F)C(F)=C(F)C(F)(N(C)C)C1F. The van der Waals surface area contributed by atoms with Crippen molar-refractivity contribution in [3.63, 3.8) is 0 Å². The van der Waals surface area contributed by atoms with Crippen molar-refractivity contribution in [1.29, 1.82) is 0 Å². The van der Waals surface area contributed by atoms with Gasteiger partial charge in [-0.1, -0.05) is 6.58 Å². The van der Waals surface area contributed by atoms with Gasteiger partial charge in [-0.05, 0) is 14.1 Å². The van der Waals surface area contributed by atoms with Crippen LogP contribution in [0.15, 0.2) is 35.7 Å². The lowest BCUT2D eigenvalue weighted by Gasteiger charge is -2.36. The minimum absolute atomic E-state index is 0.351. The van der Waals surface area contributed by atoms with Gasteiger partial charge < -0.3 is 4.74 Å². The van der Waals surface area contributed by atoms with E-state index in [0.29, 0.717) is 4.90 Å². The monoisotopic (exact) mass is 339 g/mol. The van der Waals surface area contributed by atoms with Crippen molar-refractivity contribution in [1.82, 2.24) is 4.90 Å². The summed E-state index contributed by atoms with van der Waals surface area (Å²) < 4.78 is 73.9.